The Kier molecular flexibility index (Phi) is 2.17. The summed E-state index contributed by atoms with van der Waals surface area (Å²) in [6, 6.07) is 1.93. The summed E-state index contributed by atoms with van der Waals surface area (Å²) >= 11 is 0. The maximum Gasteiger partial charge on any atom is 0.127 e. The molecule has 58 valence electrons. The molecule has 0 aliphatic heterocycles. The summed E-state index contributed by atoms with van der Waals surface area (Å²) in [6.07, 6.45) is 6.92. The molecule has 0 atom stereocenters. The topological polar surface area (TPSA) is 21.1 Å². The Balaban J connectivity index is 2.77. The van der Waals surface area contributed by atoms with Crippen LogP contribution in [-0.4, -0.2) is 23.4 Å². The Morgan fingerprint density at radius 3 is 3.00 bits per heavy atom. The van der Waals surface area contributed by atoms with Gasteiger partial charge in [0.05, 0.1) is 12.7 Å². The number of hydrogen-bond donors (Lipinski definition) is 0. The number of anilines is 1. The smallest absolute Gasteiger partial charge is 0.127 e. The first-order valence-corrected chi connectivity index (χ1v) is 3.38. The predicted molar refractivity (Wildman–Crippen MR) is 45.3 cm³/mol. The van der Waals surface area contributed by atoms with Crippen LogP contribution in [0.4, 0.5) is 5.82 Å². The Labute approximate surface area is 66.6 Å². The zero-order valence-electron chi connectivity index (χ0n) is 6.78. The zero-order valence-corrected chi connectivity index (χ0v) is 6.78. The summed E-state index contributed by atoms with van der Waals surface area (Å²) in [4.78, 5) is 1.97. The third-order valence-electron chi connectivity index (χ3n) is 1.51. The highest BCUT2D eigenvalue weighted by Gasteiger charge is 2.01. The Morgan fingerprint density at radius 2 is 2.55 bits per heavy atom. The third-order valence-corrected chi connectivity index (χ3v) is 1.51. The second-order valence-corrected chi connectivity index (χ2v) is 2.37. The van der Waals surface area contributed by atoms with Crippen LogP contribution in [0, 0.1) is 12.3 Å². The second-order valence-electron chi connectivity index (χ2n) is 2.37. The number of nitrogens with zero attached hydrogens (tertiary/aromatic N) is 3. The van der Waals surface area contributed by atoms with E-state index in [0.717, 1.165) is 5.82 Å². The van der Waals surface area contributed by atoms with Crippen molar-refractivity contribution < 1.29 is 0 Å². The highest BCUT2D eigenvalue weighted by molar-refractivity contribution is 5.38. The van der Waals surface area contributed by atoms with E-state index in [1.165, 1.54) is 0 Å². The lowest BCUT2D eigenvalue weighted by Crippen LogP contribution is -2.19. The van der Waals surface area contributed by atoms with Crippen LogP contribution in [0.2, 0.25) is 0 Å². The summed E-state index contributed by atoms with van der Waals surface area (Å²) in [5.74, 6) is 3.60. The third kappa shape index (κ3) is 1.53. The summed E-state index contributed by atoms with van der Waals surface area (Å²) < 4.78 is 1.79. The lowest BCUT2D eigenvalue weighted by Gasteiger charge is -2.14. The van der Waals surface area contributed by atoms with Crippen LogP contribution in [0.25, 0.3) is 0 Å². The van der Waals surface area contributed by atoms with Crippen LogP contribution >= 0.6 is 0 Å². The van der Waals surface area contributed by atoms with Crippen molar-refractivity contribution in [3.05, 3.63) is 12.3 Å². The van der Waals surface area contributed by atoms with Crippen LogP contribution in [0.3, 0.4) is 0 Å². The number of aromatic nitrogens is 2. The van der Waals surface area contributed by atoms with Gasteiger partial charge in [0.1, 0.15) is 5.82 Å². The van der Waals surface area contributed by atoms with E-state index in [2.05, 4.69) is 11.0 Å². The van der Waals surface area contributed by atoms with Gasteiger partial charge in [0.25, 0.3) is 0 Å². The molecule has 0 bridgehead atoms. The van der Waals surface area contributed by atoms with Gasteiger partial charge in [-0.1, -0.05) is 5.92 Å². The molecule has 11 heavy (non-hydrogen) atoms. The molecular formula is C8H11N3. The monoisotopic (exact) mass is 149 g/mol. The van der Waals surface area contributed by atoms with Crippen molar-refractivity contribution in [2.45, 2.75) is 0 Å². The first-order valence-electron chi connectivity index (χ1n) is 3.38. The molecule has 0 fully saturated rings. The minimum Gasteiger partial charge on any atom is -0.349 e. The Bertz CT molecular complexity index is 269. The van der Waals surface area contributed by atoms with E-state index in [0.29, 0.717) is 6.54 Å². The van der Waals surface area contributed by atoms with Crippen LogP contribution < -0.4 is 4.90 Å². The minimum absolute atomic E-state index is 0.611. The molecule has 0 aliphatic rings. The van der Waals surface area contributed by atoms with E-state index in [1.54, 1.807) is 10.9 Å². The molecule has 0 saturated heterocycles. The van der Waals surface area contributed by atoms with Gasteiger partial charge in [-0.15, -0.1) is 6.42 Å². The molecule has 0 amide bonds. The van der Waals surface area contributed by atoms with Gasteiger partial charge >= 0.3 is 0 Å². The van der Waals surface area contributed by atoms with Gasteiger partial charge in [-0.3, -0.25) is 4.68 Å². The second kappa shape index (κ2) is 3.11. The molecule has 0 aromatic carbocycles. The van der Waals surface area contributed by atoms with E-state index in [9.17, 15) is 0 Å². The highest BCUT2D eigenvalue weighted by atomic mass is 15.3. The normalized spacial score (nSPS) is 9.18. The van der Waals surface area contributed by atoms with Crippen molar-refractivity contribution in [1.29, 1.82) is 0 Å². The van der Waals surface area contributed by atoms with Crippen LogP contribution in [0.1, 0.15) is 0 Å². The van der Waals surface area contributed by atoms with Gasteiger partial charge in [0, 0.05) is 20.2 Å². The molecule has 0 N–H and O–H groups in total. The van der Waals surface area contributed by atoms with Gasteiger partial charge in [-0.25, -0.2) is 0 Å². The average molecular weight is 149 g/mol. The summed E-state index contributed by atoms with van der Waals surface area (Å²) in [5, 5.41) is 4.03. The standard InChI is InChI=1S/C8H11N3/c1-4-7-10(2)8-5-6-9-11(8)3/h1,5-6H,7H2,2-3H3. The summed E-state index contributed by atoms with van der Waals surface area (Å²) in [7, 11) is 3.83. The molecule has 0 spiro atoms. The quantitative estimate of drug-likeness (QED) is 0.571. The maximum atomic E-state index is 5.16. The van der Waals surface area contributed by atoms with Crippen molar-refractivity contribution in [2.24, 2.45) is 7.05 Å². The molecule has 0 unspecified atom stereocenters. The highest BCUT2D eigenvalue weighted by Crippen LogP contribution is 2.07. The Hall–Kier alpha value is -1.43. The van der Waals surface area contributed by atoms with Gasteiger partial charge in [0.15, 0.2) is 0 Å². The molecule has 1 aromatic heterocycles. The van der Waals surface area contributed by atoms with Crippen LogP contribution in [-0.2, 0) is 7.05 Å². The van der Waals surface area contributed by atoms with E-state index in [1.807, 2.05) is 25.1 Å². The Morgan fingerprint density at radius 1 is 1.82 bits per heavy atom. The number of rotatable bonds is 2. The molecular weight excluding hydrogens is 138 g/mol. The van der Waals surface area contributed by atoms with Crippen molar-refractivity contribution in [1.82, 2.24) is 9.78 Å². The molecule has 0 saturated carbocycles. The molecule has 3 heteroatoms. The van der Waals surface area contributed by atoms with E-state index < -0.39 is 0 Å². The fraction of sp³-hybridized carbons (Fsp3) is 0.375. The van der Waals surface area contributed by atoms with Gasteiger partial charge in [-0.2, -0.15) is 5.10 Å². The lowest BCUT2D eigenvalue weighted by atomic mass is 10.5. The van der Waals surface area contributed by atoms with Crippen molar-refractivity contribution in [3.8, 4) is 12.3 Å². The first kappa shape index (κ1) is 7.67. The molecule has 1 aromatic rings. The van der Waals surface area contributed by atoms with E-state index >= 15 is 0 Å². The fourth-order valence-electron chi connectivity index (χ4n) is 0.959. The molecule has 1 heterocycles. The van der Waals surface area contributed by atoms with Gasteiger partial charge in [0.2, 0.25) is 0 Å². The molecule has 0 radical (unpaired) electrons. The SMILES string of the molecule is C#CCN(C)c1ccnn1C. The van der Waals surface area contributed by atoms with E-state index in [4.69, 9.17) is 6.42 Å². The van der Waals surface area contributed by atoms with Gasteiger partial charge in [-0.05, 0) is 0 Å². The average Bonchev–Trinajstić information content (AvgIpc) is 2.36. The van der Waals surface area contributed by atoms with Crippen molar-refractivity contribution in [3.63, 3.8) is 0 Å². The summed E-state index contributed by atoms with van der Waals surface area (Å²) in [6.45, 7) is 0.611. The number of aryl methyl sites for hydroxylation is 1. The summed E-state index contributed by atoms with van der Waals surface area (Å²) in [5.41, 5.74) is 0. The lowest BCUT2D eigenvalue weighted by molar-refractivity contribution is 0.749. The molecule has 0 aliphatic carbocycles. The van der Waals surface area contributed by atoms with Crippen LogP contribution in [0.15, 0.2) is 12.3 Å². The van der Waals surface area contributed by atoms with Crippen molar-refractivity contribution >= 4 is 5.82 Å². The zero-order chi connectivity index (χ0) is 8.27. The maximum absolute atomic E-state index is 5.16. The molecule has 1 rings (SSSR count). The fourth-order valence-corrected chi connectivity index (χ4v) is 0.959. The van der Waals surface area contributed by atoms with E-state index in [-0.39, 0.29) is 0 Å². The van der Waals surface area contributed by atoms with Crippen molar-refractivity contribution in [2.75, 3.05) is 18.5 Å². The predicted octanol–water partition coefficient (Wildman–Crippen LogP) is 0.489. The molecule has 3 nitrogen and oxygen atoms in total. The first-order chi connectivity index (χ1) is 5.25. The largest absolute Gasteiger partial charge is 0.349 e. The number of terminal acetylenes is 1. The minimum atomic E-state index is 0.611. The number of hydrogen-bond acceptors (Lipinski definition) is 2. The van der Waals surface area contributed by atoms with Gasteiger partial charge < -0.3 is 4.90 Å². The van der Waals surface area contributed by atoms with Crippen LogP contribution in [0.5, 0.6) is 0 Å².